The van der Waals surface area contributed by atoms with Crippen molar-refractivity contribution in [2.24, 2.45) is 5.92 Å². The van der Waals surface area contributed by atoms with Crippen molar-refractivity contribution in [3.63, 3.8) is 0 Å². The Labute approximate surface area is 122 Å². The Morgan fingerprint density at radius 1 is 1.25 bits per heavy atom. The lowest BCUT2D eigenvalue weighted by atomic mass is 9.79. The van der Waals surface area contributed by atoms with E-state index in [0.29, 0.717) is 18.1 Å². The van der Waals surface area contributed by atoms with Crippen molar-refractivity contribution in [3.8, 4) is 0 Å². The monoisotopic (exact) mass is 283 g/mol. The number of rotatable bonds is 5. The van der Waals surface area contributed by atoms with Crippen molar-refractivity contribution in [1.82, 2.24) is 5.32 Å². The lowest BCUT2D eigenvalue weighted by Crippen LogP contribution is -2.51. The van der Waals surface area contributed by atoms with Crippen molar-refractivity contribution < 1.29 is 14.2 Å². The van der Waals surface area contributed by atoms with Gasteiger partial charge >= 0.3 is 0 Å². The van der Waals surface area contributed by atoms with Crippen molar-refractivity contribution in [2.75, 3.05) is 33.0 Å². The molecule has 20 heavy (non-hydrogen) atoms. The highest BCUT2D eigenvalue weighted by atomic mass is 16.6. The molecule has 0 aliphatic carbocycles. The molecule has 3 rings (SSSR count). The molecular weight excluding hydrogens is 254 g/mol. The predicted molar refractivity (Wildman–Crippen MR) is 77.9 cm³/mol. The second-order valence-corrected chi connectivity index (χ2v) is 6.62. The lowest BCUT2D eigenvalue weighted by Gasteiger charge is -2.42. The third kappa shape index (κ3) is 3.19. The normalized spacial score (nSPS) is 39.5. The molecule has 0 radical (unpaired) electrons. The van der Waals surface area contributed by atoms with Crippen LogP contribution in [0, 0.1) is 5.92 Å². The maximum atomic E-state index is 6.08. The predicted octanol–water partition coefficient (Wildman–Crippen LogP) is 2.12. The largest absolute Gasteiger partial charge is 0.378 e. The first-order chi connectivity index (χ1) is 9.83. The van der Waals surface area contributed by atoms with Crippen molar-refractivity contribution in [3.05, 3.63) is 0 Å². The molecule has 1 N–H and O–H groups in total. The minimum Gasteiger partial charge on any atom is -0.378 e. The summed E-state index contributed by atoms with van der Waals surface area (Å²) in [4.78, 5) is 0. The van der Waals surface area contributed by atoms with Crippen LogP contribution >= 0.6 is 0 Å². The molecule has 4 nitrogen and oxygen atoms in total. The van der Waals surface area contributed by atoms with Gasteiger partial charge in [-0.1, -0.05) is 6.92 Å². The standard InChI is InChI=1S/C16H29NO3/c1-2-7-17-15(14-4-3-8-19-14)13-5-9-20-16(11-13)6-10-18-12-16/h13-15,17H,2-12H2,1H3. The summed E-state index contributed by atoms with van der Waals surface area (Å²) < 4.78 is 17.7. The van der Waals surface area contributed by atoms with Crippen molar-refractivity contribution in [1.29, 1.82) is 0 Å². The Bertz CT molecular complexity index is 298. The van der Waals surface area contributed by atoms with Crippen molar-refractivity contribution >= 4 is 0 Å². The maximum Gasteiger partial charge on any atom is 0.0939 e. The molecule has 3 fully saturated rings. The minimum absolute atomic E-state index is 0.00760. The molecule has 3 aliphatic rings. The summed E-state index contributed by atoms with van der Waals surface area (Å²) in [5.74, 6) is 0.667. The molecule has 4 atom stereocenters. The first kappa shape index (κ1) is 14.8. The Balaban J connectivity index is 1.65. The van der Waals surface area contributed by atoms with Gasteiger partial charge in [-0.3, -0.25) is 0 Å². The fourth-order valence-electron chi connectivity index (χ4n) is 4.03. The number of hydrogen-bond donors (Lipinski definition) is 1. The van der Waals surface area contributed by atoms with E-state index in [-0.39, 0.29) is 5.60 Å². The van der Waals surface area contributed by atoms with Crippen LogP contribution in [-0.2, 0) is 14.2 Å². The van der Waals surface area contributed by atoms with Gasteiger partial charge < -0.3 is 19.5 Å². The molecule has 0 amide bonds. The first-order valence-corrected chi connectivity index (χ1v) is 8.40. The number of nitrogens with one attached hydrogen (secondary N) is 1. The summed E-state index contributed by atoms with van der Waals surface area (Å²) >= 11 is 0. The first-order valence-electron chi connectivity index (χ1n) is 8.40. The average molecular weight is 283 g/mol. The molecule has 0 aromatic carbocycles. The Hall–Kier alpha value is -0.160. The number of ether oxygens (including phenoxy) is 3. The van der Waals surface area contributed by atoms with Crippen molar-refractivity contribution in [2.45, 2.75) is 63.2 Å². The van der Waals surface area contributed by atoms with E-state index in [9.17, 15) is 0 Å². The molecule has 3 heterocycles. The SMILES string of the molecule is CCCNC(C1CCOC2(CCOC2)C1)C1CCCO1. The van der Waals surface area contributed by atoms with Gasteiger partial charge in [-0.2, -0.15) is 0 Å². The highest BCUT2D eigenvalue weighted by Gasteiger charge is 2.44. The average Bonchev–Trinajstić information content (AvgIpc) is 3.12. The van der Waals surface area contributed by atoms with Gasteiger partial charge in [-0.05, 0) is 44.6 Å². The molecule has 3 saturated heterocycles. The van der Waals surface area contributed by atoms with Crippen LogP contribution in [0.25, 0.3) is 0 Å². The fraction of sp³-hybridized carbons (Fsp3) is 1.00. The molecule has 0 saturated carbocycles. The van der Waals surface area contributed by atoms with Gasteiger partial charge in [0.15, 0.2) is 0 Å². The quantitative estimate of drug-likeness (QED) is 0.839. The van der Waals surface area contributed by atoms with Gasteiger partial charge in [0.1, 0.15) is 0 Å². The second kappa shape index (κ2) is 6.73. The van der Waals surface area contributed by atoms with E-state index in [2.05, 4.69) is 12.2 Å². The van der Waals surface area contributed by atoms with Gasteiger partial charge in [-0.25, -0.2) is 0 Å². The second-order valence-electron chi connectivity index (χ2n) is 6.62. The summed E-state index contributed by atoms with van der Waals surface area (Å²) in [5.41, 5.74) is 0.00760. The third-order valence-corrected chi connectivity index (χ3v) is 5.10. The number of hydrogen-bond acceptors (Lipinski definition) is 4. The molecule has 0 aromatic heterocycles. The smallest absolute Gasteiger partial charge is 0.0939 e. The van der Waals surface area contributed by atoms with E-state index in [1.54, 1.807) is 0 Å². The van der Waals surface area contributed by atoms with E-state index in [0.717, 1.165) is 52.2 Å². The highest BCUT2D eigenvalue weighted by molar-refractivity contribution is 4.96. The maximum absolute atomic E-state index is 6.08. The molecular formula is C16H29NO3. The van der Waals surface area contributed by atoms with Crippen LogP contribution in [0.4, 0.5) is 0 Å². The van der Waals surface area contributed by atoms with E-state index in [1.165, 1.54) is 19.3 Å². The molecule has 116 valence electrons. The zero-order chi connectivity index (χ0) is 13.8. The van der Waals surface area contributed by atoms with Gasteiger partial charge in [0.2, 0.25) is 0 Å². The molecule has 4 unspecified atom stereocenters. The molecule has 0 aromatic rings. The van der Waals surface area contributed by atoms with E-state index in [1.807, 2.05) is 0 Å². The summed E-state index contributed by atoms with van der Waals surface area (Å²) in [5, 5.41) is 3.77. The van der Waals surface area contributed by atoms with E-state index < -0.39 is 0 Å². The van der Waals surface area contributed by atoms with Crippen LogP contribution < -0.4 is 5.32 Å². The Morgan fingerprint density at radius 2 is 2.20 bits per heavy atom. The van der Waals surface area contributed by atoms with Gasteiger partial charge in [0.25, 0.3) is 0 Å². The lowest BCUT2D eigenvalue weighted by molar-refractivity contribution is -0.110. The Morgan fingerprint density at radius 3 is 2.90 bits per heavy atom. The van der Waals surface area contributed by atoms with Crippen LogP contribution in [0.15, 0.2) is 0 Å². The van der Waals surface area contributed by atoms with Crippen LogP contribution in [0.5, 0.6) is 0 Å². The fourth-order valence-corrected chi connectivity index (χ4v) is 4.03. The van der Waals surface area contributed by atoms with Crippen LogP contribution in [0.3, 0.4) is 0 Å². The molecule has 0 bridgehead atoms. The summed E-state index contributed by atoms with van der Waals surface area (Å²) in [7, 11) is 0. The molecule has 3 aliphatic heterocycles. The van der Waals surface area contributed by atoms with Gasteiger partial charge in [0, 0.05) is 32.3 Å². The summed E-state index contributed by atoms with van der Waals surface area (Å²) in [6.07, 6.45) is 7.37. The molecule has 1 spiro atoms. The van der Waals surface area contributed by atoms with Crippen LogP contribution in [-0.4, -0.2) is 50.7 Å². The summed E-state index contributed by atoms with van der Waals surface area (Å²) in [6.45, 7) is 6.79. The third-order valence-electron chi connectivity index (χ3n) is 5.10. The molecule has 4 heteroatoms. The highest BCUT2D eigenvalue weighted by Crippen LogP contribution is 2.38. The zero-order valence-electron chi connectivity index (χ0n) is 12.7. The van der Waals surface area contributed by atoms with E-state index >= 15 is 0 Å². The van der Waals surface area contributed by atoms with Crippen LogP contribution in [0.2, 0.25) is 0 Å². The Kier molecular flexibility index (Phi) is 4.97. The zero-order valence-corrected chi connectivity index (χ0v) is 12.7. The van der Waals surface area contributed by atoms with Gasteiger partial charge in [0.05, 0.1) is 18.3 Å². The van der Waals surface area contributed by atoms with Gasteiger partial charge in [-0.15, -0.1) is 0 Å². The topological polar surface area (TPSA) is 39.7 Å². The van der Waals surface area contributed by atoms with E-state index in [4.69, 9.17) is 14.2 Å². The summed E-state index contributed by atoms with van der Waals surface area (Å²) in [6, 6.07) is 0.499. The van der Waals surface area contributed by atoms with Crippen LogP contribution in [0.1, 0.15) is 45.4 Å². The minimum atomic E-state index is 0.00760.